The van der Waals surface area contributed by atoms with Gasteiger partial charge in [0.05, 0.1) is 10.2 Å². The molecule has 2 aromatic heterocycles. The van der Waals surface area contributed by atoms with Gasteiger partial charge in [0.15, 0.2) is 13.0 Å². The molecule has 3 atom stereocenters. The van der Waals surface area contributed by atoms with Gasteiger partial charge in [0.25, 0.3) is 0 Å². The molecule has 0 radical (unpaired) electrons. The summed E-state index contributed by atoms with van der Waals surface area (Å²) in [7, 11) is 0. The Hall–Kier alpha value is -4.81. The molecular formula is C51H61N3O9S5. The second kappa shape index (κ2) is 26.2. The van der Waals surface area contributed by atoms with E-state index < -0.39 is 0 Å². The minimum Gasteiger partial charge on any atom is -0.507 e. The van der Waals surface area contributed by atoms with Crippen LogP contribution >= 0.6 is 58.0 Å². The first kappa shape index (κ1) is 54.1. The molecule has 0 fully saturated rings. The highest BCUT2D eigenvalue weighted by atomic mass is 32.2. The molecule has 0 saturated carbocycles. The van der Waals surface area contributed by atoms with Crippen LogP contribution in [0, 0.1) is 41.5 Å². The third-order valence-electron chi connectivity index (χ3n) is 10.5. The van der Waals surface area contributed by atoms with Crippen LogP contribution in [0.4, 0.5) is 0 Å². The summed E-state index contributed by atoms with van der Waals surface area (Å²) >= 11 is 7.72. The quantitative estimate of drug-likeness (QED) is 0.0352. The van der Waals surface area contributed by atoms with Crippen molar-refractivity contribution in [3.05, 3.63) is 111 Å². The summed E-state index contributed by atoms with van der Waals surface area (Å²) in [6.45, 7) is 16.7. The van der Waals surface area contributed by atoms with Gasteiger partial charge < -0.3 is 29.5 Å². The lowest BCUT2D eigenvalue weighted by molar-refractivity contribution is -0.148. The number of phenolic OH excluding ortho intramolecular Hbond substituents is 3. The van der Waals surface area contributed by atoms with E-state index in [1.807, 2.05) is 117 Å². The summed E-state index contributed by atoms with van der Waals surface area (Å²) in [5, 5.41) is 38.1. The van der Waals surface area contributed by atoms with E-state index in [2.05, 4.69) is 21.2 Å². The number of thioether (sulfide) groups is 3. The smallest absolute Gasteiger partial charge is 0.306 e. The molecule has 17 heteroatoms. The summed E-state index contributed by atoms with van der Waals surface area (Å²) in [5.74, 6) is 2.01. The molecule has 3 N–H and O–H groups in total. The van der Waals surface area contributed by atoms with Crippen LogP contribution in [-0.4, -0.2) is 84.0 Å². The van der Waals surface area contributed by atoms with Gasteiger partial charge in [0, 0.05) is 36.5 Å². The molecular weight excluding hydrogens is 959 g/mol. The van der Waals surface area contributed by atoms with Gasteiger partial charge in [-0.2, -0.15) is 0 Å². The van der Waals surface area contributed by atoms with Crippen molar-refractivity contribution in [2.24, 2.45) is 0 Å². The lowest BCUT2D eigenvalue weighted by Gasteiger charge is -2.13. The average Bonchev–Trinajstić information content (AvgIpc) is 3.94. The van der Waals surface area contributed by atoms with Crippen molar-refractivity contribution in [3.8, 4) is 17.2 Å². The fourth-order valence-corrected chi connectivity index (χ4v) is 12.0. The molecule has 364 valence electrons. The monoisotopic (exact) mass is 1020 g/mol. The number of esters is 3. The van der Waals surface area contributed by atoms with Crippen LogP contribution in [0.15, 0.2) is 73.7 Å². The van der Waals surface area contributed by atoms with Crippen LogP contribution in [-0.2, 0) is 47.9 Å². The Labute approximate surface area is 420 Å². The number of rotatable bonds is 21. The Morgan fingerprint density at radius 2 is 0.838 bits per heavy atom. The summed E-state index contributed by atoms with van der Waals surface area (Å²) < 4.78 is 20.4. The Balaban J connectivity index is 0.000000276. The van der Waals surface area contributed by atoms with Crippen molar-refractivity contribution in [1.29, 1.82) is 0 Å². The van der Waals surface area contributed by atoms with E-state index in [0.29, 0.717) is 60.2 Å². The third-order valence-corrected chi connectivity index (χ3v) is 16.5. The number of benzene rings is 4. The lowest BCUT2D eigenvalue weighted by Crippen LogP contribution is -2.17. The van der Waals surface area contributed by atoms with Crippen LogP contribution in [0.3, 0.4) is 0 Å². The average molecular weight is 1020 g/mol. The first-order valence-electron chi connectivity index (χ1n) is 22.4. The van der Waals surface area contributed by atoms with Crippen molar-refractivity contribution in [1.82, 2.24) is 15.2 Å². The number of aromatic nitrogens is 3. The molecule has 0 aliphatic rings. The SMILES string of the molecule is Cc1cc(CCC(=O)OC(C)CSc2nc3ccccc3s2)cc(C)c1O.Cc1cc(CCC(=O)OC(C)CSc2nnc(SCC(C)OC(=O)CCc3cc(C)c(O)c(C)c3)s2)cc(C)c1O. The Kier molecular flexibility index (Phi) is 20.9. The van der Waals surface area contributed by atoms with Gasteiger partial charge >= 0.3 is 17.9 Å². The first-order valence-corrected chi connectivity index (χ1v) is 27.0. The molecule has 68 heavy (non-hydrogen) atoms. The van der Waals surface area contributed by atoms with Gasteiger partial charge in [0.1, 0.15) is 35.6 Å². The number of hydrogen-bond donors (Lipinski definition) is 3. The number of aromatic hydroxyl groups is 3. The number of fused-ring (bicyclic) bond motifs is 1. The zero-order chi connectivity index (χ0) is 49.5. The fraction of sp³-hybridized carbons (Fsp3) is 0.412. The van der Waals surface area contributed by atoms with Gasteiger partial charge in [-0.25, -0.2) is 4.98 Å². The van der Waals surface area contributed by atoms with Crippen molar-refractivity contribution in [2.75, 3.05) is 17.3 Å². The zero-order valence-corrected chi connectivity index (χ0v) is 44.1. The molecule has 0 bridgehead atoms. The number of hydrogen-bond acceptors (Lipinski definition) is 17. The Morgan fingerprint density at radius 1 is 0.515 bits per heavy atom. The van der Waals surface area contributed by atoms with Crippen molar-refractivity contribution < 1.29 is 43.9 Å². The van der Waals surface area contributed by atoms with Crippen molar-refractivity contribution >= 4 is 86.1 Å². The molecule has 0 spiro atoms. The van der Waals surface area contributed by atoms with E-state index in [1.54, 1.807) is 23.1 Å². The Morgan fingerprint density at radius 3 is 1.18 bits per heavy atom. The van der Waals surface area contributed by atoms with E-state index >= 15 is 0 Å². The highest BCUT2D eigenvalue weighted by Crippen LogP contribution is 2.32. The minimum absolute atomic E-state index is 0.169. The summed E-state index contributed by atoms with van der Waals surface area (Å²) in [5.41, 5.74) is 8.91. The number of para-hydroxylation sites is 1. The maximum atomic E-state index is 12.3. The molecule has 12 nitrogen and oxygen atoms in total. The maximum Gasteiger partial charge on any atom is 0.306 e. The molecule has 0 saturated heterocycles. The van der Waals surface area contributed by atoms with Crippen molar-refractivity contribution in [3.63, 3.8) is 0 Å². The summed E-state index contributed by atoms with van der Waals surface area (Å²) in [6.07, 6.45) is 1.89. The van der Waals surface area contributed by atoms with Gasteiger partial charge in [-0.15, -0.1) is 21.5 Å². The number of phenols is 3. The van der Waals surface area contributed by atoms with Crippen LogP contribution in [0.1, 0.15) is 90.1 Å². The largest absolute Gasteiger partial charge is 0.507 e. The summed E-state index contributed by atoms with van der Waals surface area (Å²) in [6, 6.07) is 19.5. The number of ether oxygens (including phenoxy) is 3. The van der Waals surface area contributed by atoms with E-state index in [9.17, 15) is 29.7 Å². The van der Waals surface area contributed by atoms with Crippen molar-refractivity contribution in [2.45, 2.75) is 132 Å². The topological polar surface area (TPSA) is 178 Å². The van der Waals surface area contributed by atoms with Crippen LogP contribution in [0.25, 0.3) is 10.2 Å². The molecule has 0 amide bonds. The van der Waals surface area contributed by atoms with Gasteiger partial charge in [0.2, 0.25) is 0 Å². The minimum atomic E-state index is -0.273. The fourth-order valence-electron chi connectivity index (χ4n) is 7.05. The second-order valence-electron chi connectivity index (χ2n) is 16.9. The number of carbonyl (C=O) groups excluding carboxylic acids is 3. The highest BCUT2D eigenvalue weighted by Gasteiger charge is 2.17. The molecule has 2 heterocycles. The standard InChI is InChI=1S/C30H38N2O6S3.C21H23NO3S2/c1-17-11-23(12-18(2)27(17)35)7-9-25(33)37-21(5)15-39-29-31-32-30(41-29)40-16-22(6)38-26(34)10-8-24-13-19(3)28(36)20(4)14-24;1-13-10-16(11-14(2)20(13)24)8-9-19(23)25-15(3)12-26-21-22-17-6-4-5-7-18(17)27-21/h11-14,21-22,35-36H,7-10,15-16H2,1-6H3;4-7,10-11,15,24H,8-9,12H2,1-3H3. The summed E-state index contributed by atoms with van der Waals surface area (Å²) in [4.78, 5) is 41.3. The van der Waals surface area contributed by atoms with E-state index in [4.69, 9.17) is 14.2 Å². The lowest BCUT2D eigenvalue weighted by atomic mass is 10.0. The number of aryl methyl sites for hydroxylation is 9. The number of thiazole rings is 1. The third kappa shape index (κ3) is 17.3. The van der Waals surface area contributed by atoms with Gasteiger partial charge in [-0.05, 0) is 144 Å². The van der Waals surface area contributed by atoms with Crippen LogP contribution in [0.5, 0.6) is 17.2 Å². The first-order chi connectivity index (χ1) is 32.3. The van der Waals surface area contributed by atoms with Crippen LogP contribution in [0.2, 0.25) is 0 Å². The maximum absolute atomic E-state index is 12.3. The van der Waals surface area contributed by atoms with E-state index in [0.717, 1.165) is 68.6 Å². The second-order valence-corrected chi connectivity index (χ2v) is 22.7. The predicted octanol–water partition coefficient (Wildman–Crippen LogP) is 11.8. The molecule has 0 aliphatic heterocycles. The molecule has 0 aliphatic carbocycles. The van der Waals surface area contributed by atoms with Crippen LogP contribution < -0.4 is 0 Å². The molecule has 6 rings (SSSR count). The number of carbonyl (C=O) groups is 3. The Bertz CT molecular complexity index is 2470. The zero-order valence-electron chi connectivity index (χ0n) is 40.0. The molecule has 6 aromatic rings. The van der Waals surface area contributed by atoms with Gasteiger partial charge in [-0.1, -0.05) is 95.2 Å². The normalized spacial score (nSPS) is 12.5. The van der Waals surface area contributed by atoms with Gasteiger partial charge in [-0.3, -0.25) is 14.4 Å². The molecule has 3 unspecified atom stereocenters. The molecule has 4 aromatic carbocycles. The van der Waals surface area contributed by atoms with E-state index in [-0.39, 0.29) is 49.1 Å². The van der Waals surface area contributed by atoms with E-state index in [1.165, 1.54) is 39.6 Å². The number of nitrogens with zero attached hydrogens (tertiary/aromatic N) is 3. The highest BCUT2D eigenvalue weighted by molar-refractivity contribution is 8.03. The predicted molar refractivity (Wildman–Crippen MR) is 276 cm³/mol.